The average molecular weight is 397 g/mol. The number of carbonyl (C=O) groups excluding carboxylic acids is 1. The maximum Gasteiger partial charge on any atom is 0.318 e. The number of hydrogen-bond acceptors (Lipinski definition) is 3. The molecule has 1 saturated heterocycles. The van der Waals surface area contributed by atoms with Gasteiger partial charge in [-0.2, -0.15) is 0 Å². The van der Waals surface area contributed by atoms with Crippen LogP contribution in [0, 0.1) is 0 Å². The van der Waals surface area contributed by atoms with Crippen molar-refractivity contribution in [1.29, 1.82) is 0 Å². The van der Waals surface area contributed by atoms with Crippen LogP contribution in [0.15, 0.2) is 54.6 Å². The zero-order valence-electron chi connectivity index (χ0n) is 16.2. The van der Waals surface area contributed by atoms with Gasteiger partial charge in [0.25, 0.3) is 0 Å². The Morgan fingerprint density at radius 1 is 1.07 bits per heavy atom. The number of urea groups is 1. The summed E-state index contributed by atoms with van der Waals surface area (Å²) in [7, 11) is 0. The highest BCUT2D eigenvalue weighted by Gasteiger charge is 2.32. The SMILES string of the molecule is O=C(NC1CCCCC1)N1CCSC1c1cccc(OCc2ccccc2)c1. The Labute approximate surface area is 171 Å². The molecule has 28 heavy (non-hydrogen) atoms. The third-order valence-electron chi connectivity index (χ3n) is 5.48. The molecule has 1 unspecified atom stereocenters. The number of nitrogens with zero attached hydrogens (tertiary/aromatic N) is 1. The number of nitrogens with one attached hydrogen (secondary N) is 1. The molecule has 1 saturated carbocycles. The molecule has 0 radical (unpaired) electrons. The minimum Gasteiger partial charge on any atom is -0.489 e. The lowest BCUT2D eigenvalue weighted by Gasteiger charge is -2.29. The molecule has 2 fully saturated rings. The van der Waals surface area contributed by atoms with Crippen LogP contribution < -0.4 is 10.1 Å². The van der Waals surface area contributed by atoms with Crippen LogP contribution in [0.5, 0.6) is 5.75 Å². The maximum atomic E-state index is 12.9. The summed E-state index contributed by atoms with van der Waals surface area (Å²) in [6, 6.07) is 18.8. The van der Waals surface area contributed by atoms with Crippen LogP contribution >= 0.6 is 11.8 Å². The molecule has 2 aromatic carbocycles. The second-order valence-corrected chi connectivity index (χ2v) is 8.74. The van der Waals surface area contributed by atoms with Gasteiger partial charge in [-0.05, 0) is 36.1 Å². The Balaban J connectivity index is 1.40. The zero-order valence-corrected chi connectivity index (χ0v) is 17.0. The Bertz CT molecular complexity index is 777. The van der Waals surface area contributed by atoms with E-state index in [0.29, 0.717) is 12.6 Å². The molecule has 0 aromatic heterocycles. The van der Waals surface area contributed by atoms with Crippen LogP contribution in [0.4, 0.5) is 4.79 Å². The van der Waals surface area contributed by atoms with Crippen molar-refractivity contribution in [3.05, 3.63) is 65.7 Å². The molecule has 4 rings (SSSR count). The van der Waals surface area contributed by atoms with Gasteiger partial charge in [-0.1, -0.05) is 61.7 Å². The van der Waals surface area contributed by atoms with E-state index >= 15 is 0 Å². The quantitative estimate of drug-likeness (QED) is 0.740. The van der Waals surface area contributed by atoms with Crippen LogP contribution in [0.2, 0.25) is 0 Å². The first kappa shape index (κ1) is 19.2. The average Bonchev–Trinajstić information content (AvgIpc) is 3.24. The Morgan fingerprint density at radius 2 is 1.89 bits per heavy atom. The van der Waals surface area contributed by atoms with E-state index in [9.17, 15) is 4.79 Å². The Morgan fingerprint density at radius 3 is 2.71 bits per heavy atom. The topological polar surface area (TPSA) is 41.6 Å². The summed E-state index contributed by atoms with van der Waals surface area (Å²) >= 11 is 1.83. The highest BCUT2D eigenvalue weighted by atomic mass is 32.2. The van der Waals surface area contributed by atoms with Crippen molar-refractivity contribution in [3.63, 3.8) is 0 Å². The van der Waals surface area contributed by atoms with Gasteiger partial charge in [0.05, 0.1) is 0 Å². The number of hydrogen-bond donors (Lipinski definition) is 1. The largest absolute Gasteiger partial charge is 0.489 e. The fourth-order valence-electron chi connectivity index (χ4n) is 3.96. The molecular weight excluding hydrogens is 368 g/mol. The molecule has 2 aliphatic rings. The molecule has 2 amide bonds. The molecule has 1 aliphatic carbocycles. The Kier molecular flexibility index (Phi) is 6.42. The van der Waals surface area contributed by atoms with E-state index < -0.39 is 0 Å². The first-order valence-corrected chi connectivity index (χ1v) is 11.3. The van der Waals surface area contributed by atoms with Crippen molar-refractivity contribution < 1.29 is 9.53 Å². The third kappa shape index (κ3) is 4.82. The van der Waals surface area contributed by atoms with Gasteiger partial charge < -0.3 is 15.0 Å². The van der Waals surface area contributed by atoms with Crippen molar-refractivity contribution in [2.24, 2.45) is 0 Å². The summed E-state index contributed by atoms with van der Waals surface area (Å²) in [5.74, 6) is 1.82. The fourth-order valence-corrected chi connectivity index (χ4v) is 5.20. The molecular formula is C23H28N2O2S. The van der Waals surface area contributed by atoms with Gasteiger partial charge in [0.2, 0.25) is 0 Å². The third-order valence-corrected chi connectivity index (χ3v) is 6.74. The molecule has 0 bridgehead atoms. The number of rotatable bonds is 5. The van der Waals surface area contributed by atoms with Gasteiger partial charge in [-0.3, -0.25) is 0 Å². The van der Waals surface area contributed by atoms with Gasteiger partial charge in [0, 0.05) is 18.3 Å². The predicted molar refractivity (Wildman–Crippen MR) is 115 cm³/mol. The van der Waals surface area contributed by atoms with E-state index in [1.807, 2.05) is 47.0 Å². The van der Waals surface area contributed by atoms with E-state index in [1.54, 1.807) is 0 Å². The highest BCUT2D eigenvalue weighted by Crippen LogP contribution is 2.39. The van der Waals surface area contributed by atoms with Crippen LogP contribution in [0.25, 0.3) is 0 Å². The van der Waals surface area contributed by atoms with Gasteiger partial charge >= 0.3 is 6.03 Å². The lowest BCUT2D eigenvalue weighted by Crippen LogP contribution is -2.45. The lowest BCUT2D eigenvalue weighted by molar-refractivity contribution is 0.192. The zero-order chi connectivity index (χ0) is 19.2. The number of benzene rings is 2. The number of ether oxygens (including phenoxy) is 1. The van der Waals surface area contributed by atoms with Crippen molar-refractivity contribution in [2.45, 2.75) is 50.1 Å². The van der Waals surface area contributed by atoms with E-state index in [1.165, 1.54) is 19.3 Å². The van der Waals surface area contributed by atoms with Crippen LogP contribution in [0.1, 0.15) is 48.6 Å². The minimum absolute atomic E-state index is 0.0591. The van der Waals surface area contributed by atoms with Gasteiger partial charge in [-0.15, -0.1) is 11.8 Å². The smallest absolute Gasteiger partial charge is 0.318 e. The molecule has 148 valence electrons. The maximum absolute atomic E-state index is 12.9. The van der Waals surface area contributed by atoms with Crippen LogP contribution in [-0.4, -0.2) is 29.3 Å². The summed E-state index contributed by atoms with van der Waals surface area (Å²) in [4.78, 5) is 14.8. The molecule has 1 heterocycles. The molecule has 2 aromatic rings. The van der Waals surface area contributed by atoms with E-state index in [2.05, 4.69) is 29.6 Å². The monoisotopic (exact) mass is 396 g/mol. The summed E-state index contributed by atoms with van der Waals surface area (Å²) < 4.78 is 5.98. The number of thioether (sulfide) groups is 1. The molecule has 0 spiro atoms. The van der Waals surface area contributed by atoms with Gasteiger partial charge in [0.15, 0.2) is 0 Å². The van der Waals surface area contributed by atoms with Crippen molar-refractivity contribution >= 4 is 17.8 Å². The fraction of sp³-hybridized carbons (Fsp3) is 0.435. The Hall–Kier alpha value is -2.14. The lowest BCUT2D eigenvalue weighted by atomic mass is 9.96. The van der Waals surface area contributed by atoms with Crippen molar-refractivity contribution in [1.82, 2.24) is 10.2 Å². The van der Waals surface area contributed by atoms with E-state index in [4.69, 9.17) is 4.74 Å². The van der Waals surface area contributed by atoms with Crippen LogP contribution in [-0.2, 0) is 6.61 Å². The normalized spacial score (nSPS) is 20.1. The molecule has 4 nitrogen and oxygen atoms in total. The molecule has 1 atom stereocenters. The standard InChI is InChI=1S/C23H28N2O2S/c26-23(24-20-11-5-2-6-12-20)25-14-15-28-22(25)19-10-7-13-21(16-19)27-17-18-8-3-1-4-9-18/h1,3-4,7-10,13,16,20,22H,2,5-6,11-12,14-15,17H2,(H,24,26). The minimum atomic E-state index is 0.0591. The summed E-state index contributed by atoms with van der Waals surface area (Å²) in [6.45, 7) is 1.34. The first-order valence-electron chi connectivity index (χ1n) is 10.2. The van der Waals surface area contributed by atoms with E-state index in [-0.39, 0.29) is 11.4 Å². The van der Waals surface area contributed by atoms with Gasteiger partial charge in [0.1, 0.15) is 17.7 Å². The molecule has 1 aliphatic heterocycles. The summed E-state index contributed by atoms with van der Waals surface area (Å²) in [5, 5.41) is 3.32. The number of amides is 2. The van der Waals surface area contributed by atoms with E-state index in [0.717, 1.165) is 42.0 Å². The second-order valence-electron chi connectivity index (χ2n) is 7.55. The summed E-state index contributed by atoms with van der Waals surface area (Å²) in [6.07, 6.45) is 5.97. The molecule has 1 N–H and O–H groups in total. The van der Waals surface area contributed by atoms with Crippen LogP contribution in [0.3, 0.4) is 0 Å². The van der Waals surface area contributed by atoms with Crippen molar-refractivity contribution in [2.75, 3.05) is 12.3 Å². The van der Waals surface area contributed by atoms with Gasteiger partial charge in [-0.25, -0.2) is 4.79 Å². The summed E-state index contributed by atoms with van der Waals surface area (Å²) in [5.41, 5.74) is 2.28. The predicted octanol–water partition coefficient (Wildman–Crippen LogP) is 5.36. The number of carbonyl (C=O) groups is 1. The molecule has 5 heteroatoms. The van der Waals surface area contributed by atoms with Crippen molar-refractivity contribution in [3.8, 4) is 5.75 Å². The highest BCUT2D eigenvalue weighted by molar-refractivity contribution is 7.99. The second kappa shape index (κ2) is 9.37. The first-order chi connectivity index (χ1) is 13.8.